The fraction of sp³-hybridized carbons (Fsp3) is 0.235. The van der Waals surface area contributed by atoms with Crippen molar-refractivity contribution in [3.63, 3.8) is 0 Å². The highest BCUT2D eigenvalue weighted by Gasteiger charge is 2.04. The Morgan fingerprint density at radius 3 is 2.32 bits per heavy atom. The van der Waals surface area contributed by atoms with Crippen LogP contribution < -0.4 is 15.5 Å². The van der Waals surface area contributed by atoms with Crippen LogP contribution in [0.1, 0.15) is 5.56 Å². The molecule has 0 aliphatic rings. The number of nitrogens with one attached hydrogen (secondary N) is 2. The minimum absolute atomic E-state index is 0.0747. The second kappa shape index (κ2) is 7.31. The van der Waals surface area contributed by atoms with Crippen molar-refractivity contribution in [3.8, 4) is 0 Å². The number of rotatable bonds is 5. The summed E-state index contributed by atoms with van der Waals surface area (Å²) in [6.07, 6.45) is 0. The Kier molecular flexibility index (Phi) is 5.44. The molecule has 5 heteroatoms. The number of benzene rings is 2. The number of carbonyl (C=O) groups excluding carboxylic acids is 1. The van der Waals surface area contributed by atoms with Crippen molar-refractivity contribution in [2.45, 2.75) is 6.92 Å². The highest BCUT2D eigenvalue weighted by molar-refractivity contribution is 9.10. The van der Waals surface area contributed by atoms with Gasteiger partial charge >= 0.3 is 0 Å². The first-order chi connectivity index (χ1) is 10.5. The third-order valence-electron chi connectivity index (χ3n) is 3.29. The molecule has 0 bridgehead atoms. The number of hydrogen-bond acceptors (Lipinski definition) is 3. The molecule has 0 heterocycles. The maximum absolute atomic E-state index is 12.0. The molecule has 4 nitrogen and oxygen atoms in total. The van der Waals surface area contributed by atoms with E-state index in [1.165, 1.54) is 0 Å². The molecule has 0 aromatic heterocycles. The van der Waals surface area contributed by atoms with Gasteiger partial charge in [0.1, 0.15) is 0 Å². The molecule has 0 radical (unpaired) electrons. The molecular weight excluding hydrogens is 342 g/mol. The van der Waals surface area contributed by atoms with Gasteiger partial charge in [-0.15, -0.1) is 0 Å². The summed E-state index contributed by atoms with van der Waals surface area (Å²) in [5, 5.41) is 5.98. The van der Waals surface area contributed by atoms with Crippen molar-refractivity contribution in [2.24, 2.45) is 0 Å². The van der Waals surface area contributed by atoms with Gasteiger partial charge in [-0.25, -0.2) is 0 Å². The highest BCUT2D eigenvalue weighted by Crippen LogP contribution is 2.20. The normalized spacial score (nSPS) is 10.2. The minimum Gasteiger partial charge on any atom is -0.378 e. The lowest BCUT2D eigenvalue weighted by Crippen LogP contribution is -2.21. The van der Waals surface area contributed by atoms with Crippen LogP contribution in [0.4, 0.5) is 17.1 Å². The first-order valence-corrected chi connectivity index (χ1v) is 7.82. The van der Waals surface area contributed by atoms with Crippen molar-refractivity contribution in [1.29, 1.82) is 0 Å². The van der Waals surface area contributed by atoms with Gasteiger partial charge in [0.15, 0.2) is 0 Å². The SMILES string of the molecule is Cc1ccc(NCC(=O)Nc2ccc(N(C)C)cc2)cc1Br. The van der Waals surface area contributed by atoms with Gasteiger partial charge < -0.3 is 15.5 Å². The van der Waals surface area contributed by atoms with Crippen LogP contribution in [0.2, 0.25) is 0 Å². The van der Waals surface area contributed by atoms with Gasteiger partial charge in [0.25, 0.3) is 0 Å². The zero-order valence-electron chi connectivity index (χ0n) is 13.0. The predicted octanol–water partition coefficient (Wildman–Crippen LogP) is 3.87. The molecule has 2 aromatic carbocycles. The molecule has 0 saturated carbocycles. The van der Waals surface area contributed by atoms with Gasteiger partial charge in [-0.05, 0) is 48.9 Å². The summed E-state index contributed by atoms with van der Waals surface area (Å²) < 4.78 is 1.03. The molecule has 0 fully saturated rings. The Labute approximate surface area is 139 Å². The van der Waals surface area contributed by atoms with E-state index in [1.54, 1.807) is 0 Å². The Morgan fingerprint density at radius 2 is 1.73 bits per heavy atom. The lowest BCUT2D eigenvalue weighted by atomic mass is 10.2. The van der Waals surface area contributed by atoms with Crippen LogP contribution in [0.3, 0.4) is 0 Å². The Morgan fingerprint density at radius 1 is 1.09 bits per heavy atom. The van der Waals surface area contributed by atoms with E-state index in [0.717, 1.165) is 27.1 Å². The monoisotopic (exact) mass is 361 g/mol. The molecule has 0 atom stereocenters. The Bertz CT molecular complexity index is 653. The van der Waals surface area contributed by atoms with E-state index >= 15 is 0 Å². The third-order valence-corrected chi connectivity index (χ3v) is 4.15. The van der Waals surface area contributed by atoms with Crippen molar-refractivity contribution in [2.75, 3.05) is 36.2 Å². The van der Waals surface area contributed by atoms with Gasteiger partial charge in [-0.1, -0.05) is 22.0 Å². The summed E-state index contributed by atoms with van der Waals surface area (Å²) in [6.45, 7) is 2.25. The molecule has 0 saturated heterocycles. The molecule has 2 N–H and O–H groups in total. The topological polar surface area (TPSA) is 44.4 Å². The van der Waals surface area contributed by atoms with E-state index in [4.69, 9.17) is 0 Å². The van der Waals surface area contributed by atoms with Crippen LogP contribution >= 0.6 is 15.9 Å². The third kappa shape index (κ3) is 4.49. The van der Waals surface area contributed by atoms with Gasteiger partial charge in [-0.2, -0.15) is 0 Å². The van der Waals surface area contributed by atoms with Gasteiger partial charge in [0.05, 0.1) is 6.54 Å². The molecule has 116 valence electrons. The molecule has 0 unspecified atom stereocenters. The molecule has 22 heavy (non-hydrogen) atoms. The molecule has 2 rings (SSSR count). The number of amides is 1. The lowest BCUT2D eigenvalue weighted by Gasteiger charge is -2.13. The number of halogens is 1. The van der Waals surface area contributed by atoms with Gasteiger partial charge in [0.2, 0.25) is 5.91 Å². The lowest BCUT2D eigenvalue weighted by molar-refractivity contribution is -0.114. The molecule has 0 aliphatic heterocycles. The zero-order valence-corrected chi connectivity index (χ0v) is 14.6. The first-order valence-electron chi connectivity index (χ1n) is 7.03. The fourth-order valence-corrected chi connectivity index (χ4v) is 2.31. The van der Waals surface area contributed by atoms with Gasteiger partial charge in [-0.3, -0.25) is 4.79 Å². The number of nitrogens with zero attached hydrogens (tertiary/aromatic N) is 1. The number of carbonyl (C=O) groups is 1. The van der Waals surface area contributed by atoms with Crippen molar-refractivity contribution < 1.29 is 4.79 Å². The quantitative estimate of drug-likeness (QED) is 0.849. The van der Waals surface area contributed by atoms with Crippen molar-refractivity contribution >= 4 is 38.9 Å². The van der Waals surface area contributed by atoms with Crippen molar-refractivity contribution in [1.82, 2.24) is 0 Å². The van der Waals surface area contributed by atoms with Crippen LogP contribution in [0, 0.1) is 6.92 Å². The summed E-state index contributed by atoms with van der Waals surface area (Å²) in [6, 6.07) is 13.7. The van der Waals surface area contributed by atoms with E-state index in [0.29, 0.717) is 0 Å². The average Bonchev–Trinajstić information content (AvgIpc) is 2.49. The van der Waals surface area contributed by atoms with Crippen LogP contribution in [0.15, 0.2) is 46.9 Å². The molecular formula is C17H20BrN3O. The number of anilines is 3. The smallest absolute Gasteiger partial charge is 0.243 e. The average molecular weight is 362 g/mol. The van der Waals surface area contributed by atoms with Crippen LogP contribution in [-0.2, 0) is 4.79 Å². The zero-order chi connectivity index (χ0) is 16.1. The maximum atomic E-state index is 12.0. The van der Waals surface area contributed by atoms with E-state index in [1.807, 2.05) is 68.4 Å². The molecule has 0 aliphatic carbocycles. The van der Waals surface area contributed by atoms with Crippen LogP contribution in [0.25, 0.3) is 0 Å². The minimum atomic E-state index is -0.0747. The predicted molar refractivity (Wildman–Crippen MR) is 96.8 cm³/mol. The van der Waals surface area contributed by atoms with E-state index in [2.05, 4.69) is 26.6 Å². The van der Waals surface area contributed by atoms with E-state index in [-0.39, 0.29) is 12.5 Å². The largest absolute Gasteiger partial charge is 0.378 e. The molecule has 1 amide bonds. The number of hydrogen-bond donors (Lipinski definition) is 2. The van der Waals surface area contributed by atoms with Gasteiger partial charge in [0, 0.05) is 35.6 Å². The van der Waals surface area contributed by atoms with Crippen LogP contribution in [0.5, 0.6) is 0 Å². The summed E-state index contributed by atoms with van der Waals surface area (Å²) in [4.78, 5) is 14.0. The Balaban J connectivity index is 1.88. The number of aryl methyl sites for hydroxylation is 1. The van der Waals surface area contributed by atoms with E-state index < -0.39 is 0 Å². The highest BCUT2D eigenvalue weighted by atomic mass is 79.9. The molecule has 0 spiro atoms. The maximum Gasteiger partial charge on any atom is 0.243 e. The standard InChI is InChI=1S/C17H20BrN3O/c1-12-4-5-14(10-16(12)18)19-11-17(22)20-13-6-8-15(9-7-13)21(2)3/h4-10,19H,11H2,1-3H3,(H,20,22). The Hall–Kier alpha value is -2.01. The first kappa shape index (κ1) is 16.4. The second-order valence-electron chi connectivity index (χ2n) is 5.31. The van der Waals surface area contributed by atoms with Crippen LogP contribution in [-0.4, -0.2) is 26.5 Å². The second-order valence-corrected chi connectivity index (χ2v) is 6.16. The summed E-state index contributed by atoms with van der Waals surface area (Å²) >= 11 is 3.48. The summed E-state index contributed by atoms with van der Waals surface area (Å²) in [5.74, 6) is -0.0747. The van der Waals surface area contributed by atoms with Crippen molar-refractivity contribution in [3.05, 3.63) is 52.5 Å². The summed E-state index contributed by atoms with van der Waals surface area (Å²) in [5.41, 5.74) is 3.97. The molecule has 2 aromatic rings. The van der Waals surface area contributed by atoms with E-state index in [9.17, 15) is 4.79 Å². The summed E-state index contributed by atoms with van der Waals surface area (Å²) in [7, 11) is 3.97. The fourth-order valence-electron chi connectivity index (χ4n) is 1.93.